The Morgan fingerprint density at radius 2 is 0.765 bits per heavy atom. The van der Waals surface area contributed by atoms with Crippen LogP contribution in [0.15, 0.2) is 200 Å². The summed E-state index contributed by atoms with van der Waals surface area (Å²) in [5.41, 5.74) is 8.15. The van der Waals surface area contributed by atoms with Crippen LogP contribution in [0.1, 0.15) is 0 Å². The summed E-state index contributed by atoms with van der Waals surface area (Å²) in [6.07, 6.45) is 0. The molecule has 10 rings (SSSR count). The fourth-order valence-electron chi connectivity index (χ4n) is 7.93. The average Bonchev–Trinajstić information content (AvgIpc) is 3.21. The summed E-state index contributed by atoms with van der Waals surface area (Å²) >= 11 is 0. The van der Waals surface area contributed by atoms with Crippen LogP contribution in [-0.4, -0.2) is 0 Å². The number of benzene rings is 10. The molecular weight excluding hydrogens is 615 g/mol. The van der Waals surface area contributed by atoms with Gasteiger partial charge in [-0.2, -0.15) is 0 Å². The van der Waals surface area contributed by atoms with Crippen molar-refractivity contribution in [3.63, 3.8) is 0 Å². The quantitative estimate of drug-likeness (QED) is 0.168. The van der Waals surface area contributed by atoms with Crippen molar-refractivity contribution >= 4 is 70.9 Å². The van der Waals surface area contributed by atoms with Gasteiger partial charge in [-0.1, -0.05) is 164 Å². The van der Waals surface area contributed by atoms with E-state index in [4.69, 9.17) is 0 Å². The minimum Gasteiger partial charge on any atom is -0.310 e. The molecule has 0 aliphatic heterocycles. The van der Waals surface area contributed by atoms with E-state index in [1.165, 1.54) is 76.1 Å². The normalized spacial score (nSPS) is 11.5. The molecule has 0 aliphatic rings. The molecule has 0 saturated carbocycles. The molecule has 0 bridgehead atoms. The van der Waals surface area contributed by atoms with Crippen LogP contribution in [0, 0.1) is 0 Å². The van der Waals surface area contributed by atoms with Gasteiger partial charge in [0, 0.05) is 22.1 Å². The van der Waals surface area contributed by atoms with Crippen molar-refractivity contribution in [1.29, 1.82) is 0 Å². The third-order valence-corrected chi connectivity index (χ3v) is 10.3. The number of nitrogens with zero attached hydrogens (tertiary/aromatic N) is 1. The Bertz CT molecular complexity index is 2920. The van der Waals surface area contributed by atoms with Gasteiger partial charge < -0.3 is 4.90 Å². The zero-order chi connectivity index (χ0) is 33.7. The Hall–Kier alpha value is -6.70. The summed E-state index contributed by atoms with van der Waals surface area (Å²) in [7, 11) is 0. The Balaban J connectivity index is 1.28. The Kier molecular flexibility index (Phi) is 6.89. The van der Waals surface area contributed by atoms with E-state index in [-0.39, 0.29) is 0 Å². The lowest BCUT2D eigenvalue weighted by molar-refractivity contribution is 1.30. The van der Waals surface area contributed by atoms with Crippen LogP contribution in [0.25, 0.3) is 76.1 Å². The monoisotopic (exact) mass is 647 g/mol. The molecule has 0 unspecified atom stereocenters. The maximum absolute atomic E-state index is 2.46. The first-order chi connectivity index (χ1) is 25.3. The third-order valence-electron chi connectivity index (χ3n) is 10.3. The van der Waals surface area contributed by atoms with Gasteiger partial charge in [0.25, 0.3) is 0 Å². The minimum atomic E-state index is 1.11. The van der Waals surface area contributed by atoms with Gasteiger partial charge in [-0.3, -0.25) is 0 Å². The lowest BCUT2D eigenvalue weighted by Crippen LogP contribution is -2.11. The van der Waals surface area contributed by atoms with Crippen LogP contribution < -0.4 is 4.90 Å². The zero-order valence-corrected chi connectivity index (χ0v) is 28.0. The van der Waals surface area contributed by atoms with Crippen molar-refractivity contribution in [3.05, 3.63) is 200 Å². The van der Waals surface area contributed by atoms with Crippen molar-refractivity contribution in [2.24, 2.45) is 0 Å². The number of hydrogen-bond acceptors (Lipinski definition) is 1. The second-order valence-corrected chi connectivity index (χ2v) is 13.4. The van der Waals surface area contributed by atoms with Crippen molar-refractivity contribution < 1.29 is 0 Å². The number of rotatable bonds is 5. The zero-order valence-electron chi connectivity index (χ0n) is 28.0. The predicted octanol–water partition coefficient (Wildman–Crippen LogP) is 14.3. The van der Waals surface area contributed by atoms with Crippen LogP contribution in [0.3, 0.4) is 0 Å². The molecule has 0 fully saturated rings. The predicted molar refractivity (Wildman–Crippen MR) is 220 cm³/mol. The molecule has 0 saturated heterocycles. The van der Waals surface area contributed by atoms with Crippen molar-refractivity contribution in [2.75, 3.05) is 4.90 Å². The highest BCUT2D eigenvalue weighted by molar-refractivity contribution is 6.30. The highest BCUT2D eigenvalue weighted by Crippen LogP contribution is 2.46. The van der Waals surface area contributed by atoms with Crippen LogP contribution in [0.2, 0.25) is 0 Å². The van der Waals surface area contributed by atoms with Gasteiger partial charge in [-0.05, 0) is 102 Å². The topological polar surface area (TPSA) is 3.24 Å². The summed E-state index contributed by atoms with van der Waals surface area (Å²) in [6.45, 7) is 0. The summed E-state index contributed by atoms with van der Waals surface area (Å²) in [5.74, 6) is 0. The molecular formula is C50H33N. The van der Waals surface area contributed by atoms with Crippen LogP contribution in [0.4, 0.5) is 17.1 Å². The van der Waals surface area contributed by atoms with Crippen molar-refractivity contribution in [2.45, 2.75) is 0 Å². The SMILES string of the molecule is c1ccc(-c2cccc(N(c3cccc(-c4ccc5ccccc5c4)c3)c3cc4ccc5ccccc5c4c4c3ccc3ccccc34)c2)cc1. The third kappa shape index (κ3) is 5.02. The second-order valence-electron chi connectivity index (χ2n) is 13.4. The smallest absolute Gasteiger partial charge is 0.0546 e. The van der Waals surface area contributed by atoms with E-state index >= 15 is 0 Å². The van der Waals surface area contributed by atoms with E-state index < -0.39 is 0 Å². The second kappa shape index (κ2) is 12.0. The first kappa shape index (κ1) is 29.2. The van der Waals surface area contributed by atoms with Crippen molar-refractivity contribution in [3.8, 4) is 22.3 Å². The molecule has 51 heavy (non-hydrogen) atoms. The van der Waals surface area contributed by atoms with Crippen LogP contribution in [-0.2, 0) is 0 Å². The lowest BCUT2D eigenvalue weighted by atomic mass is 9.91. The molecule has 1 heteroatoms. The maximum atomic E-state index is 2.46. The number of anilines is 3. The van der Waals surface area contributed by atoms with E-state index in [2.05, 4.69) is 205 Å². The number of fused-ring (bicyclic) bond motifs is 8. The van der Waals surface area contributed by atoms with Crippen molar-refractivity contribution in [1.82, 2.24) is 0 Å². The first-order valence-corrected chi connectivity index (χ1v) is 17.6. The molecule has 0 N–H and O–H groups in total. The summed E-state index contributed by atoms with van der Waals surface area (Å²) in [5, 5.41) is 12.6. The highest BCUT2D eigenvalue weighted by atomic mass is 15.1. The maximum Gasteiger partial charge on any atom is 0.0546 e. The standard InChI is InChI=1S/C50H33N/c1-2-12-34(13-3-1)39-18-10-20-43(31-39)51(44-21-11-19-40(32-44)41-26-24-35-14-4-5-17-38(35)30-41)48-33-42-27-25-36-15-6-8-22-45(36)49(42)50-46-23-9-7-16-37(46)28-29-47(48)50/h1-33H. The highest BCUT2D eigenvalue weighted by Gasteiger charge is 2.20. The number of hydrogen-bond donors (Lipinski definition) is 0. The van der Waals surface area contributed by atoms with Gasteiger partial charge >= 0.3 is 0 Å². The molecule has 238 valence electrons. The molecule has 10 aromatic rings. The van der Waals surface area contributed by atoms with E-state index in [1.807, 2.05) is 0 Å². The molecule has 0 atom stereocenters. The first-order valence-electron chi connectivity index (χ1n) is 17.6. The fourth-order valence-corrected chi connectivity index (χ4v) is 7.93. The molecule has 0 heterocycles. The Morgan fingerprint density at radius 1 is 0.255 bits per heavy atom. The molecule has 0 amide bonds. The minimum absolute atomic E-state index is 1.11. The average molecular weight is 648 g/mol. The molecule has 0 aromatic heterocycles. The molecule has 0 spiro atoms. The van der Waals surface area contributed by atoms with Gasteiger partial charge in [0.15, 0.2) is 0 Å². The molecule has 0 aliphatic carbocycles. The van der Waals surface area contributed by atoms with Gasteiger partial charge in [0.05, 0.1) is 5.69 Å². The van der Waals surface area contributed by atoms with E-state index in [1.54, 1.807) is 0 Å². The van der Waals surface area contributed by atoms with E-state index in [0.717, 1.165) is 17.1 Å². The van der Waals surface area contributed by atoms with Gasteiger partial charge in [-0.25, -0.2) is 0 Å². The summed E-state index contributed by atoms with van der Waals surface area (Å²) in [6, 6.07) is 73.2. The fraction of sp³-hybridized carbons (Fsp3) is 0. The Labute approximate surface area is 297 Å². The Morgan fingerprint density at radius 3 is 1.49 bits per heavy atom. The summed E-state index contributed by atoms with van der Waals surface area (Å²) < 4.78 is 0. The van der Waals surface area contributed by atoms with E-state index in [0.29, 0.717) is 0 Å². The lowest BCUT2D eigenvalue weighted by Gasteiger charge is -2.29. The van der Waals surface area contributed by atoms with Crippen LogP contribution >= 0.6 is 0 Å². The summed E-state index contributed by atoms with van der Waals surface area (Å²) in [4.78, 5) is 2.46. The molecule has 0 radical (unpaired) electrons. The van der Waals surface area contributed by atoms with E-state index in [9.17, 15) is 0 Å². The molecule has 1 nitrogen and oxygen atoms in total. The van der Waals surface area contributed by atoms with Crippen LogP contribution in [0.5, 0.6) is 0 Å². The molecule has 10 aromatic carbocycles. The van der Waals surface area contributed by atoms with Gasteiger partial charge in [0.2, 0.25) is 0 Å². The van der Waals surface area contributed by atoms with Gasteiger partial charge in [0.1, 0.15) is 0 Å². The van der Waals surface area contributed by atoms with Gasteiger partial charge in [-0.15, -0.1) is 0 Å². The largest absolute Gasteiger partial charge is 0.310 e.